The van der Waals surface area contributed by atoms with Crippen molar-refractivity contribution in [2.24, 2.45) is 0 Å². The molecule has 0 aliphatic rings. The van der Waals surface area contributed by atoms with Gasteiger partial charge in [0.1, 0.15) is 0 Å². The minimum atomic E-state index is -0.655. The highest BCUT2D eigenvalue weighted by atomic mass is 16.5. The summed E-state index contributed by atoms with van der Waals surface area (Å²) in [5.74, 6) is -1.17. The molecule has 120 valence electrons. The van der Waals surface area contributed by atoms with Crippen molar-refractivity contribution >= 4 is 17.9 Å². The molecule has 0 aromatic heterocycles. The normalized spacial score (nSPS) is 11.4. The van der Waals surface area contributed by atoms with Crippen LogP contribution in [-0.2, 0) is 20.7 Å². The number of rotatable bonds is 6. The molecule has 2 N–H and O–H groups in total. The first-order valence-corrected chi connectivity index (χ1v) is 7.22. The maximum atomic E-state index is 11.6. The van der Waals surface area contributed by atoms with Gasteiger partial charge in [0.2, 0.25) is 0 Å². The number of aryl methyl sites for hydroxylation is 1. The number of nitrogens with one attached hydrogen (secondary N) is 2. The second-order valence-corrected chi connectivity index (χ2v) is 5.15. The van der Waals surface area contributed by atoms with E-state index in [2.05, 4.69) is 10.6 Å². The molecule has 3 amide bonds. The lowest BCUT2D eigenvalue weighted by molar-refractivity contribution is -0.147. The van der Waals surface area contributed by atoms with Crippen LogP contribution in [0.4, 0.5) is 4.79 Å². The van der Waals surface area contributed by atoms with Crippen LogP contribution < -0.4 is 10.6 Å². The smallest absolute Gasteiger partial charge is 0.321 e. The lowest BCUT2D eigenvalue weighted by atomic mass is 10.1. The van der Waals surface area contributed by atoms with Gasteiger partial charge in [0.15, 0.2) is 6.61 Å². The van der Waals surface area contributed by atoms with Crippen molar-refractivity contribution < 1.29 is 19.1 Å². The molecular weight excluding hydrogens is 284 g/mol. The van der Waals surface area contributed by atoms with Crippen LogP contribution >= 0.6 is 0 Å². The Kier molecular flexibility index (Phi) is 7.08. The zero-order valence-corrected chi connectivity index (χ0v) is 13.1. The number of imide groups is 1. The molecule has 0 heterocycles. The molecule has 0 saturated heterocycles. The van der Waals surface area contributed by atoms with Crippen LogP contribution in [0, 0.1) is 6.92 Å². The Hall–Kier alpha value is -2.37. The first-order valence-electron chi connectivity index (χ1n) is 7.22. The third kappa shape index (κ3) is 6.88. The van der Waals surface area contributed by atoms with E-state index in [0.29, 0.717) is 0 Å². The Labute approximate surface area is 130 Å². The monoisotopic (exact) mass is 306 g/mol. The maximum Gasteiger partial charge on any atom is 0.321 e. The van der Waals surface area contributed by atoms with Crippen molar-refractivity contribution in [3.8, 4) is 0 Å². The molecule has 0 aliphatic heterocycles. The van der Waals surface area contributed by atoms with Crippen molar-refractivity contribution in [1.82, 2.24) is 10.6 Å². The summed E-state index contributed by atoms with van der Waals surface area (Å²) in [6.07, 6.45) is 0.847. The summed E-state index contributed by atoms with van der Waals surface area (Å²) in [7, 11) is 0. The van der Waals surface area contributed by atoms with E-state index in [9.17, 15) is 14.4 Å². The summed E-state index contributed by atoms with van der Waals surface area (Å²) in [5, 5.41) is 4.69. The van der Waals surface area contributed by atoms with Gasteiger partial charge < -0.3 is 10.1 Å². The molecule has 6 nitrogen and oxygen atoms in total. The van der Waals surface area contributed by atoms with Crippen LogP contribution in [0.5, 0.6) is 0 Å². The van der Waals surface area contributed by atoms with Gasteiger partial charge in [0.25, 0.3) is 5.91 Å². The standard InChI is InChI=1S/C16H22N2O4/c1-4-12(3)17-16(21)18-14(19)10-22-15(20)9-13-7-5-11(2)6-8-13/h5-8,12H,4,9-10H2,1-3H3,(H2,17,18,19,21)/t12-/m1/s1. The van der Waals surface area contributed by atoms with Gasteiger partial charge in [-0.15, -0.1) is 0 Å². The van der Waals surface area contributed by atoms with Gasteiger partial charge in [0, 0.05) is 6.04 Å². The number of urea groups is 1. The van der Waals surface area contributed by atoms with E-state index in [4.69, 9.17) is 4.74 Å². The second kappa shape index (κ2) is 8.81. The Morgan fingerprint density at radius 3 is 2.41 bits per heavy atom. The topological polar surface area (TPSA) is 84.5 Å². The highest BCUT2D eigenvalue weighted by Crippen LogP contribution is 2.04. The Morgan fingerprint density at radius 2 is 1.82 bits per heavy atom. The van der Waals surface area contributed by atoms with Crippen molar-refractivity contribution in [3.63, 3.8) is 0 Å². The number of ether oxygens (including phenoxy) is 1. The number of hydrogen-bond donors (Lipinski definition) is 2. The number of amides is 3. The van der Waals surface area contributed by atoms with Crippen LogP contribution in [0.15, 0.2) is 24.3 Å². The lowest BCUT2D eigenvalue weighted by Crippen LogP contribution is -2.44. The van der Waals surface area contributed by atoms with Gasteiger partial charge in [-0.25, -0.2) is 4.79 Å². The van der Waals surface area contributed by atoms with Crippen molar-refractivity contribution in [1.29, 1.82) is 0 Å². The zero-order valence-electron chi connectivity index (χ0n) is 13.1. The van der Waals surface area contributed by atoms with Crippen LogP contribution in [0.3, 0.4) is 0 Å². The summed E-state index contributed by atoms with van der Waals surface area (Å²) in [6.45, 7) is 5.22. The molecule has 6 heteroatoms. The molecular formula is C16H22N2O4. The molecule has 1 atom stereocenters. The van der Waals surface area contributed by atoms with Crippen molar-refractivity contribution in [2.45, 2.75) is 39.7 Å². The Morgan fingerprint density at radius 1 is 1.18 bits per heavy atom. The molecule has 0 radical (unpaired) electrons. The van der Waals surface area contributed by atoms with Gasteiger partial charge in [-0.3, -0.25) is 14.9 Å². The number of carbonyl (C=O) groups is 3. The minimum absolute atomic E-state index is 0.0307. The predicted molar refractivity (Wildman–Crippen MR) is 82.3 cm³/mol. The molecule has 1 aromatic rings. The Bertz CT molecular complexity index is 525. The molecule has 0 saturated carbocycles. The maximum absolute atomic E-state index is 11.6. The molecule has 1 aromatic carbocycles. The van der Waals surface area contributed by atoms with Crippen LogP contribution in [0.1, 0.15) is 31.4 Å². The first-order chi connectivity index (χ1) is 10.4. The fourth-order valence-corrected chi connectivity index (χ4v) is 1.59. The van der Waals surface area contributed by atoms with E-state index in [-0.39, 0.29) is 12.5 Å². The fraction of sp³-hybridized carbons (Fsp3) is 0.438. The van der Waals surface area contributed by atoms with E-state index in [0.717, 1.165) is 17.5 Å². The summed E-state index contributed by atoms with van der Waals surface area (Å²) in [6, 6.07) is 6.83. The molecule has 0 fully saturated rings. The lowest BCUT2D eigenvalue weighted by Gasteiger charge is -2.11. The fourth-order valence-electron chi connectivity index (χ4n) is 1.59. The van der Waals surface area contributed by atoms with Gasteiger partial charge in [-0.2, -0.15) is 0 Å². The number of esters is 1. The minimum Gasteiger partial charge on any atom is -0.455 e. The van der Waals surface area contributed by atoms with Crippen molar-refractivity contribution in [2.75, 3.05) is 6.61 Å². The van der Waals surface area contributed by atoms with E-state index in [1.165, 1.54) is 0 Å². The highest BCUT2D eigenvalue weighted by Gasteiger charge is 2.12. The largest absolute Gasteiger partial charge is 0.455 e. The van der Waals surface area contributed by atoms with E-state index < -0.39 is 24.5 Å². The van der Waals surface area contributed by atoms with E-state index >= 15 is 0 Å². The summed E-state index contributed by atoms with van der Waals surface area (Å²) in [4.78, 5) is 34.5. The molecule has 1 rings (SSSR count). The SMILES string of the molecule is CC[C@@H](C)NC(=O)NC(=O)COC(=O)Cc1ccc(C)cc1. The van der Waals surface area contributed by atoms with Crippen LogP contribution in [-0.4, -0.2) is 30.6 Å². The summed E-state index contributed by atoms with van der Waals surface area (Å²) >= 11 is 0. The summed E-state index contributed by atoms with van der Waals surface area (Å²) < 4.78 is 4.84. The second-order valence-electron chi connectivity index (χ2n) is 5.15. The highest BCUT2D eigenvalue weighted by molar-refractivity contribution is 5.95. The number of hydrogen-bond acceptors (Lipinski definition) is 4. The average Bonchev–Trinajstić information content (AvgIpc) is 2.47. The number of carbonyl (C=O) groups excluding carboxylic acids is 3. The van der Waals surface area contributed by atoms with Gasteiger partial charge in [-0.1, -0.05) is 36.8 Å². The summed E-state index contributed by atoms with van der Waals surface area (Å²) in [5.41, 5.74) is 1.91. The zero-order chi connectivity index (χ0) is 16.5. The van der Waals surface area contributed by atoms with E-state index in [1.807, 2.05) is 45.0 Å². The molecule has 22 heavy (non-hydrogen) atoms. The Balaban J connectivity index is 2.30. The predicted octanol–water partition coefficient (Wildman–Crippen LogP) is 1.71. The molecule has 0 aliphatic carbocycles. The van der Waals surface area contributed by atoms with Crippen LogP contribution in [0.2, 0.25) is 0 Å². The third-order valence-electron chi connectivity index (χ3n) is 3.08. The quantitative estimate of drug-likeness (QED) is 0.784. The van der Waals surface area contributed by atoms with Crippen LogP contribution in [0.25, 0.3) is 0 Å². The van der Waals surface area contributed by atoms with E-state index in [1.54, 1.807) is 0 Å². The third-order valence-corrected chi connectivity index (χ3v) is 3.08. The number of benzene rings is 1. The van der Waals surface area contributed by atoms with Gasteiger partial charge in [0.05, 0.1) is 6.42 Å². The molecule has 0 spiro atoms. The van der Waals surface area contributed by atoms with Crippen molar-refractivity contribution in [3.05, 3.63) is 35.4 Å². The van der Waals surface area contributed by atoms with Gasteiger partial charge in [-0.05, 0) is 25.8 Å². The first kappa shape index (κ1) is 17.7. The average molecular weight is 306 g/mol. The van der Waals surface area contributed by atoms with Gasteiger partial charge >= 0.3 is 12.0 Å². The molecule has 0 unspecified atom stereocenters. The molecule has 0 bridgehead atoms.